The van der Waals surface area contributed by atoms with Crippen molar-refractivity contribution in [2.24, 2.45) is 11.1 Å². The number of likely N-dealkylation sites (tertiary alicyclic amines) is 1. The summed E-state index contributed by atoms with van der Waals surface area (Å²) >= 11 is 1.38. The number of nitrogens with one attached hydrogen (secondary N) is 1. The Morgan fingerprint density at radius 3 is 2.76 bits per heavy atom. The van der Waals surface area contributed by atoms with Gasteiger partial charge in [0, 0.05) is 30.4 Å². The third kappa shape index (κ3) is 3.91. The molecule has 2 heterocycles. The molecule has 0 spiro atoms. The van der Waals surface area contributed by atoms with Gasteiger partial charge in [-0.2, -0.15) is 0 Å². The van der Waals surface area contributed by atoms with E-state index in [0.29, 0.717) is 29.2 Å². The predicted octanol–water partition coefficient (Wildman–Crippen LogP) is 3.20. The van der Waals surface area contributed by atoms with Crippen LogP contribution in [0.3, 0.4) is 0 Å². The van der Waals surface area contributed by atoms with Crippen LogP contribution < -0.4 is 11.1 Å². The molecule has 1 unspecified atom stereocenters. The lowest BCUT2D eigenvalue weighted by atomic mass is 9.79. The van der Waals surface area contributed by atoms with E-state index in [1.54, 1.807) is 30.3 Å². The highest BCUT2D eigenvalue weighted by Gasteiger charge is 2.35. The van der Waals surface area contributed by atoms with Crippen molar-refractivity contribution in [1.29, 1.82) is 0 Å². The SMILES string of the molecule is CC1(C)CN(C(=O)c2cccc(NC(=O)c3cccs3)c2)CCC1N. The lowest BCUT2D eigenvalue weighted by Gasteiger charge is -2.42. The molecule has 2 amide bonds. The second-order valence-corrected chi connectivity index (χ2v) is 8.07. The number of nitrogens with zero attached hydrogens (tertiary/aromatic N) is 1. The highest BCUT2D eigenvalue weighted by atomic mass is 32.1. The zero-order valence-corrected chi connectivity index (χ0v) is 15.3. The van der Waals surface area contributed by atoms with Crippen LogP contribution in [0.15, 0.2) is 41.8 Å². The Morgan fingerprint density at radius 2 is 2.08 bits per heavy atom. The molecule has 1 fully saturated rings. The van der Waals surface area contributed by atoms with Crippen LogP contribution in [0.25, 0.3) is 0 Å². The number of carbonyl (C=O) groups is 2. The van der Waals surface area contributed by atoms with Crippen molar-refractivity contribution in [2.75, 3.05) is 18.4 Å². The Kier molecular flexibility index (Phi) is 4.92. The first-order valence-corrected chi connectivity index (χ1v) is 9.24. The zero-order valence-electron chi connectivity index (χ0n) is 14.5. The monoisotopic (exact) mass is 357 g/mol. The maximum absolute atomic E-state index is 12.8. The molecular formula is C19H23N3O2S. The third-order valence-corrected chi connectivity index (χ3v) is 5.58. The Bertz CT molecular complexity index is 771. The minimum atomic E-state index is -0.162. The summed E-state index contributed by atoms with van der Waals surface area (Å²) in [5.41, 5.74) is 7.26. The number of nitrogens with two attached hydrogens (primary N) is 1. The quantitative estimate of drug-likeness (QED) is 0.886. The summed E-state index contributed by atoms with van der Waals surface area (Å²) in [5, 5.41) is 4.71. The molecule has 0 aliphatic carbocycles. The van der Waals surface area contributed by atoms with Gasteiger partial charge in [0.2, 0.25) is 0 Å². The minimum absolute atomic E-state index is 0.0211. The van der Waals surface area contributed by atoms with E-state index in [2.05, 4.69) is 19.2 Å². The summed E-state index contributed by atoms with van der Waals surface area (Å²) in [6, 6.07) is 10.8. The second kappa shape index (κ2) is 6.98. The number of piperidine rings is 1. The summed E-state index contributed by atoms with van der Waals surface area (Å²) in [7, 11) is 0. The Hall–Kier alpha value is -2.18. The fraction of sp³-hybridized carbons (Fsp3) is 0.368. The summed E-state index contributed by atoms with van der Waals surface area (Å²) in [4.78, 5) is 27.5. The normalized spacial score (nSPS) is 19.5. The van der Waals surface area contributed by atoms with Crippen LogP contribution in [0, 0.1) is 5.41 Å². The van der Waals surface area contributed by atoms with Gasteiger partial charge in [0.05, 0.1) is 4.88 Å². The van der Waals surface area contributed by atoms with E-state index >= 15 is 0 Å². The Morgan fingerprint density at radius 1 is 1.28 bits per heavy atom. The number of amides is 2. The number of hydrogen-bond acceptors (Lipinski definition) is 4. The molecule has 1 aromatic carbocycles. The molecule has 3 rings (SSSR count). The van der Waals surface area contributed by atoms with Gasteiger partial charge in [0.1, 0.15) is 0 Å². The van der Waals surface area contributed by atoms with Crippen LogP contribution >= 0.6 is 11.3 Å². The average molecular weight is 357 g/mol. The molecule has 1 aliphatic heterocycles. The van der Waals surface area contributed by atoms with Gasteiger partial charge in [0.25, 0.3) is 11.8 Å². The molecule has 5 nitrogen and oxygen atoms in total. The molecule has 0 saturated carbocycles. The van der Waals surface area contributed by atoms with Crippen molar-refractivity contribution in [1.82, 2.24) is 4.90 Å². The smallest absolute Gasteiger partial charge is 0.265 e. The van der Waals surface area contributed by atoms with Gasteiger partial charge in [-0.3, -0.25) is 9.59 Å². The lowest BCUT2D eigenvalue weighted by molar-refractivity contribution is 0.0533. The third-order valence-electron chi connectivity index (χ3n) is 4.71. The molecule has 0 bridgehead atoms. The van der Waals surface area contributed by atoms with E-state index in [1.807, 2.05) is 16.3 Å². The fourth-order valence-corrected chi connectivity index (χ4v) is 3.68. The summed E-state index contributed by atoms with van der Waals surface area (Å²) in [5.74, 6) is -0.183. The molecule has 1 atom stereocenters. The van der Waals surface area contributed by atoms with Crippen LogP contribution in [-0.2, 0) is 0 Å². The van der Waals surface area contributed by atoms with E-state index in [9.17, 15) is 9.59 Å². The number of hydrogen-bond donors (Lipinski definition) is 2. The topological polar surface area (TPSA) is 75.4 Å². The average Bonchev–Trinajstić information content (AvgIpc) is 3.11. The van der Waals surface area contributed by atoms with Gasteiger partial charge in [-0.1, -0.05) is 26.0 Å². The maximum Gasteiger partial charge on any atom is 0.265 e. The zero-order chi connectivity index (χ0) is 18.0. The van der Waals surface area contributed by atoms with Gasteiger partial charge in [-0.05, 0) is 41.5 Å². The fourth-order valence-electron chi connectivity index (χ4n) is 3.06. The Balaban J connectivity index is 1.73. The van der Waals surface area contributed by atoms with Gasteiger partial charge in [-0.25, -0.2) is 0 Å². The van der Waals surface area contributed by atoms with E-state index in [1.165, 1.54) is 11.3 Å². The molecule has 0 radical (unpaired) electrons. The maximum atomic E-state index is 12.8. The van der Waals surface area contributed by atoms with E-state index in [4.69, 9.17) is 5.73 Å². The van der Waals surface area contributed by atoms with Crippen LogP contribution in [0.1, 0.15) is 40.3 Å². The van der Waals surface area contributed by atoms with Crippen molar-refractivity contribution in [3.63, 3.8) is 0 Å². The van der Waals surface area contributed by atoms with Gasteiger partial charge in [0.15, 0.2) is 0 Å². The van der Waals surface area contributed by atoms with E-state index < -0.39 is 0 Å². The van der Waals surface area contributed by atoms with Crippen molar-refractivity contribution in [2.45, 2.75) is 26.3 Å². The first-order chi connectivity index (χ1) is 11.9. The largest absolute Gasteiger partial charge is 0.338 e. The van der Waals surface area contributed by atoms with Gasteiger partial charge in [-0.15, -0.1) is 11.3 Å². The minimum Gasteiger partial charge on any atom is -0.338 e. The molecule has 132 valence electrons. The highest BCUT2D eigenvalue weighted by molar-refractivity contribution is 7.12. The number of carbonyl (C=O) groups excluding carboxylic acids is 2. The molecule has 1 aliphatic rings. The number of rotatable bonds is 3. The molecule has 6 heteroatoms. The van der Waals surface area contributed by atoms with Crippen LogP contribution in [-0.4, -0.2) is 35.8 Å². The number of benzene rings is 1. The summed E-state index contributed by atoms with van der Waals surface area (Å²) in [6.45, 7) is 5.48. The van der Waals surface area contributed by atoms with E-state index in [-0.39, 0.29) is 23.3 Å². The van der Waals surface area contributed by atoms with Gasteiger partial charge >= 0.3 is 0 Å². The molecule has 2 aromatic rings. The number of anilines is 1. The molecule has 1 aromatic heterocycles. The standard InChI is InChI=1S/C19H23N3O2S/c1-19(2)12-22(9-8-16(19)20)18(24)13-5-3-6-14(11-13)21-17(23)15-7-4-10-25-15/h3-7,10-11,16H,8-9,12,20H2,1-2H3,(H,21,23). The summed E-state index contributed by atoms with van der Waals surface area (Å²) < 4.78 is 0. The second-order valence-electron chi connectivity index (χ2n) is 7.12. The van der Waals surface area contributed by atoms with E-state index in [0.717, 1.165) is 6.42 Å². The predicted molar refractivity (Wildman–Crippen MR) is 101 cm³/mol. The van der Waals surface area contributed by atoms with Crippen LogP contribution in [0.2, 0.25) is 0 Å². The van der Waals surface area contributed by atoms with Crippen molar-refractivity contribution in [3.05, 3.63) is 52.2 Å². The van der Waals surface area contributed by atoms with Crippen LogP contribution in [0.5, 0.6) is 0 Å². The number of thiophene rings is 1. The molecular weight excluding hydrogens is 334 g/mol. The van der Waals surface area contributed by atoms with Crippen molar-refractivity contribution < 1.29 is 9.59 Å². The van der Waals surface area contributed by atoms with Crippen molar-refractivity contribution >= 4 is 28.8 Å². The highest BCUT2D eigenvalue weighted by Crippen LogP contribution is 2.29. The molecule has 25 heavy (non-hydrogen) atoms. The summed E-state index contributed by atoms with van der Waals surface area (Å²) in [6.07, 6.45) is 0.799. The first kappa shape index (κ1) is 17.6. The Labute approximate surface area is 151 Å². The van der Waals surface area contributed by atoms with Gasteiger partial charge < -0.3 is 16.0 Å². The lowest BCUT2D eigenvalue weighted by Crippen LogP contribution is -2.54. The van der Waals surface area contributed by atoms with Crippen molar-refractivity contribution in [3.8, 4) is 0 Å². The molecule has 1 saturated heterocycles. The van der Waals surface area contributed by atoms with Crippen LogP contribution in [0.4, 0.5) is 5.69 Å². The first-order valence-electron chi connectivity index (χ1n) is 8.36. The molecule has 3 N–H and O–H groups in total.